The minimum absolute atomic E-state index is 0.109. The molecule has 35 heavy (non-hydrogen) atoms. The van der Waals surface area contributed by atoms with Gasteiger partial charge in [0.05, 0.1) is 16.6 Å². The van der Waals surface area contributed by atoms with E-state index in [-0.39, 0.29) is 22.4 Å². The lowest BCUT2D eigenvalue weighted by Gasteiger charge is -2.21. The van der Waals surface area contributed by atoms with Crippen LogP contribution in [-0.4, -0.2) is 32.0 Å². The minimum Gasteiger partial charge on any atom is -0.443 e. The summed E-state index contributed by atoms with van der Waals surface area (Å²) in [6.45, 7) is 6.72. The normalized spacial score (nSPS) is 12.5. The number of fused-ring (bicyclic) bond motifs is 2. The molecule has 11 heteroatoms. The molecule has 0 radical (unpaired) electrons. The van der Waals surface area contributed by atoms with Crippen molar-refractivity contribution in [3.8, 4) is 11.4 Å². The van der Waals surface area contributed by atoms with Crippen molar-refractivity contribution >= 4 is 55.7 Å². The topological polar surface area (TPSA) is 57.0 Å². The second-order valence-electron chi connectivity index (χ2n) is 8.67. The highest BCUT2D eigenvalue weighted by atomic mass is 79.9. The van der Waals surface area contributed by atoms with Crippen LogP contribution in [-0.2, 0) is 10.9 Å². The number of hydrogen-bond acceptors (Lipinski definition) is 5. The van der Waals surface area contributed by atoms with Crippen LogP contribution >= 0.6 is 27.7 Å². The van der Waals surface area contributed by atoms with E-state index < -0.39 is 29.3 Å². The first kappa shape index (κ1) is 25.4. The largest absolute Gasteiger partial charge is 0.443 e. The molecule has 0 aliphatic carbocycles. The molecule has 0 aliphatic rings. The molecular formula is C24H20BrF4N3O2S. The van der Waals surface area contributed by atoms with Crippen LogP contribution in [0.15, 0.2) is 45.9 Å². The summed E-state index contributed by atoms with van der Waals surface area (Å²) in [6.07, 6.45) is -5.23. The van der Waals surface area contributed by atoms with Crippen LogP contribution in [0.4, 0.5) is 22.4 Å². The maximum Gasteiger partial charge on any atom is 0.419 e. The molecule has 3 heterocycles. The summed E-state index contributed by atoms with van der Waals surface area (Å²) in [6, 6.07) is 7.92. The third-order valence-corrected chi connectivity index (χ3v) is 6.32. The van der Waals surface area contributed by atoms with E-state index in [4.69, 9.17) is 4.74 Å². The van der Waals surface area contributed by atoms with Crippen LogP contribution < -0.4 is 0 Å². The highest BCUT2D eigenvalue weighted by molar-refractivity contribution is 9.10. The van der Waals surface area contributed by atoms with E-state index in [1.807, 2.05) is 25.1 Å². The summed E-state index contributed by atoms with van der Waals surface area (Å²) < 4.78 is 63.2. The fourth-order valence-corrected chi connectivity index (χ4v) is 4.69. The molecule has 0 fully saturated rings. The molecule has 1 aromatic carbocycles. The molecule has 0 unspecified atom stereocenters. The summed E-state index contributed by atoms with van der Waals surface area (Å²) in [5.74, 6) is -0.346. The Morgan fingerprint density at radius 1 is 1.17 bits per heavy atom. The third kappa shape index (κ3) is 5.02. The van der Waals surface area contributed by atoms with Crippen molar-refractivity contribution < 1.29 is 27.1 Å². The Labute approximate surface area is 211 Å². The van der Waals surface area contributed by atoms with Crippen molar-refractivity contribution in [3.63, 3.8) is 0 Å². The number of halogens is 5. The molecule has 0 spiro atoms. The van der Waals surface area contributed by atoms with Crippen LogP contribution in [0, 0.1) is 5.82 Å². The van der Waals surface area contributed by atoms with Gasteiger partial charge < -0.3 is 4.74 Å². The molecule has 0 bridgehead atoms. The molecular weight excluding hydrogens is 550 g/mol. The van der Waals surface area contributed by atoms with Crippen molar-refractivity contribution in [3.05, 3.63) is 52.4 Å². The first-order chi connectivity index (χ1) is 16.3. The lowest BCUT2D eigenvalue weighted by atomic mass is 10.1. The highest BCUT2D eigenvalue weighted by Crippen LogP contribution is 2.40. The predicted octanol–water partition coefficient (Wildman–Crippen LogP) is 8.07. The summed E-state index contributed by atoms with van der Waals surface area (Å²) >= 11 is 4.76. The van der Waals surface area contributed by atoms with E-state index >= 15 is 4.39 Å². The van der Waals surface area contributed by atoms with E-state index in [1.165, 1.54) is 11.8 Å². The van der Waals surface area contributed by atoms with Gasteiger partial charge >= 0.3 is 12.3 Å². The Kier molecular flexibility index (Phi) is 6.60. The number of pyridine rings is 2. The fourth-order valence-electron chi connectivity index (χ4n) is 3.54. The number of nitrogens with zero attached hydrogens (tertiary/aromatic N) is 3. The van der Waals surface area contributed by atoms with Crippen molar-refractivity contribution in [2.75, 3.05) is 5.75 Å². The monoisotopic (exact) mass is 569 g/mol. The first-order valence-corrected chi connectivity index (χ1v) is 12.3. The second kappa shape index (κ2) is 9.09. The summed E-state index contributed by atoms with van der Waals surface area (Å²) in [5, 5.41) is 0.783. The molecule has 0 N–H and O–H groups in total. The van der Waals surface area contributed by atoms with Crippen LogP contribution in [0.2, 0.25) is 0 Å². The van der Waals surface area contributed by atoms with Crippen molar-refractivity contribution in [2.24, 2.45) is 0 Å². The van der Waals surface area contributed by atoms with Gasteiger partial charge in [-0.15, -0.1) is 11.8 Å². The van der Waals surface area contributed by atoms with Crippen LogP contribution in [0.5, 0.6) is 0 Å². The lowest BCUT2D eigenvalue weighted by molar-refractivity contribution is -0.137. The van der Waals surface area contributed by atoms with Crippen LogP contribution in [0.1, 0.15) is 33.3 Å². The Hall–Kier alpha value is -2.66. The average Bonchev–Trinajstić information content (AvgIpc) is 3.04. The zero-order chi connectivity index (χ0) is 25.7. The van der Waals surface area contributed by atoms with E-state index in [2.05, 4.69) is 25.9 Å². The van der Waals surface area contributed by atoms with Gasteiger partial charge in [0.1, 0.15) is 22.5 Å². The molecule has 184 valence electrons. The molecule has 0 amide bonds. The van der Waals surface area contributed by atoms with Crippen LogP contribution in [0.3, 0.4) is 0 Å². The number of alkyl halides is 3. The maximum absolute atomic E-state index is 15.9. The van der Waals surface area contributed by atoms with Gasteiger partial charge in [0.25, 0.3) is 0 Å². The minimum atomic E-state index is -4.74. The summed E-state index contributed by atoms with van der Waals surface area (Å²) in [5.41, 5.74) is -2.53. The SMILES string of the molecule is CCSc1cc2ccc(Br)cc2nc1-c1c(F)c2ncc(C(F)(F)F)cc2n1C(=O)OC(C)(C)C. The zero-order valence-corrected chi connectivity index (χ0v) is 21.5. The molecule has 4 aromatic rings. The zero-order valence-electron chi connectivity index (χ0n) is 19.1. The number of hydrogen-bond donors (Lipinski definition) is 0. The predicted molar refractivity (Wildman–Crippen MR) is 131 cm³/mol. The smallest absolute Gasteiger partial charge is 0.419 e. The number of benzene rings is 1. The molecule has 3 aromatic heterocycles. The van der Waals surface area contributed by atoms with Gasteiger partial charge in [-0.1, -0.05) is 28.9 Å². The average molecular weight is 570 g/mol. The van der Waals surface area contributed by atoms with Gasteiger partial charge in [-0.05, 0) is 50.8 Å². The molecule has 5 nitrogen and oxygen atoms in total. The van der Waals surface area contributed by atoms with Crippen molar-refractivity contribution in [1.82, 2.24) is 14.5 Å². The Morgan fingerprint density at radius 3 is 2.51 bits per heavy atom. The lowest BCUT2D eigenvalue weighted by Crippen LogP contribution is -2.27. The molecule has 0 atom stereocenters. The van der Waals surface area contributed by atoms with Gasteiger partial charge in [0.15, 0.2) is 5.82 Å². The van der Waals surface area contributed by atoms with E-state index in [0.717, 1.165) is 14.4 Å². The number of rotatable bonds is 3. The summed E-state index contributed by atoms with van der Waals surface area (Å²) in [7, 11) is 0. The molecule has 4 rings (SSSR count). The molecule has 0 aliphatic heterocycles. The number of aromatic nitrogens is 3. The standard InChI is InChI=1S/C24H20BrF4N3O2S/c1-5-35-17-8-12-6-7-14(25)10-15(12)31-20(17)21-18(26)19-16(9-13(11-30-19)24(27,28)29)32(21)22(33)34-23(2,3)4/h6-11H,5H2,1-4H3. The van der Waals surface area contributed by atoms with Crippen LogP contribution in [0.25, 0.3) is 33.3 Å². The number of carbonyl (C=O) groups excluding carboxylic acids is 1. The maximum atomic E-state index is 15.9. The number of carbonyl (C=O) groups is 1. The van der Waals surface area contributed by atoms with Crippen molar-refractivity contribution in [2.45, 2.75) is 44.4 Å². The quantitative estimate of drug-likeness (QED) is 0.184. The Bertz CT molecular complexity index is 1460. The molecule has 0 saturated carbocycles. The number of ether oxygens (including phenoxy) is 1. The fraction of sp³-hybridized carbons (Fsp3) is 0.292. The highest BCUT2D eigenvalue weighted by Gasteiger charge is 2.35. The summed E-state index contributed by atoms with van der Waals surface area (Å²) in [4.78, 5) is 22.2. The molecule has 0 saturated heterocycles. The Balaban J connectivity index is 2.11. The Morgan fingerprint density at radius 2 is 1.89 bits per heavy atom. The van der Waals surface area contributed by atoms with E-state index in [1.54, 1.807) is 26.8 Å². The van der Waals surface area contributed by atoms with Gasteiger partial charge in [0.2, 0.25) is 0 Å². The van der Waals surface area contributed by atoms with Gasteiger partial charge in [-0.25, -0.2) is 18.7 Å². The van der Waals surface area contributed by atoms with E-state index in [9.17, 15) is 18.0 Å². The van der Waals surface area contributed by atoms with Crippen molar-refractivity contribution in [1.29, 1.82) is 0 Å². The third-order valence-electron chi connectivity index (χ3n) is 4.92. The van der Waals surface area contributed by atoms with Gasteiger partial charge in [-0.3, -0.25) is 4.98 Å². The first-order valence-electron chi connectivity index (χ1n) is 10.5. The van der Waals surface area contributed by atoms with E-state index in [0.29, 0.717) is 28.4 Å². The second-order valence-corrected chi connectivity index (χ2v) is 10.9. The number of thioether (sulfide) groups is 1. The van der Waals surface area contributed by atoms with Gasteiger partial charge in [-0.2, -0.15) is 13.2 Å². The van der Waals surface area contributed by atoms with Gasteiger partial charge in [0, 0.05) is 21.0 Å².